The molecule has 0 heterocycles. The van der Waals surface area contributed by atoms with Gasteiger partial charge in [-0.2, -0.15) is 0 Å². The number of phenolic OH excluding ortho intramolecular Hbond substituents is 1. The zero-order valence-corrected chi connectivity index (χ0v) is 12.0. The minimum atomic E-state index is 0.388. The molecule has 2 aliphatic rings. The maximum atomic E-state index is 9.72. The van der Waals surface area contributed by atoms with Crippen LogP contribution in [0.3, 0.4) is 0 Å². The summed E-state index contributed by atoms with van der Waals surface area (Å²) in [5.41, 5.74) is 3.22. The van der Waals surface area contributed by atoms with Crippen LogP contribution in [0.4, 0.5) is 5.69 Å². The number of hydrogen-bond acceptors (Lipinski definition) is 2. The van der Waals surface area contributed by atoms with E-state index in [-0.39, 0.29) is 0 Å². The highest BCUT2D eigenvalue weighted by molar-refractivity contribution is 5.57. The Hall–Kier alpha value is -1.44. The van der Waals surface area contributed by atoms with Crippen LogP contribution in [0.1, 0.15) is 30.9 Å². The molecule has 4 atom stereocenters. The predicted molar refractivity (Wildman–Crippen MR) is 79.5 cm³/mol. The molecule has 102 valence electrons. The Morgan fingerprint density at radius 3 is 2.58 bits per heavy atom. The third-order valence-corrected chi connectivity index (χ3v) is 4.90. The minimum absolute atomic E-state index is 0.388. The number of phenols is 1. The van der Waals surface area contributed by atoms with Crippen molar-refractivity contribution < 1.29 is 5.11 Å². The zero-order chi connectivity index (χ0) is 13.6. The topological polar surface area (TPSA) is 32.3 Å². The first-order valence-corrected chi connectivity index (χ1v) is 7.29. The summed E-state index contributed by atoms with van der Waals surface area (Å²) in [5.74, 6) is 2.73. The average molecular weight is 257 g/mol. The first kappa shape index (κ1) is 12.6. The Balaban J connectivity index is 1.75. The molecule has 0 saturated heterocycles. The standard InChI is InChI=1S/C17H23NO/c1-10-7-17(19)11(2)6-16(10)18-12(3)15-9-13-4-5-14(15)8-13/h4-7,12-15,18-19H,8-9H2,1-3H3. The number of aromatic hydroxyl groups is 1. The van der Waals surface area contributed by atoms with E-state index in [9.17, 15) is 5.11 Å². The third kappa shape index (κ3) is 2.24. The van der Waals surface area contributed by atoms with Gasteiger partial charge in [-0.05, 0) is 74.6 Å². The fourth-order valence-electron chi connectivity index (χ4n) is 3.71. The van der Waals surface area contributed by atoms with E-state index in [1.54, 1.807) is 0 Å². The molecule has 0 aliphatic heterocycles. The van der Waals surface area contributed by atoms with E-state index >= 15 is 0 Å². The van der Waals surface area contributed by atoms with Gasteiger partial charge >= 0.3 is 0 Å². The first-order chi connectivity index (χ1) is 9.04. The van der Waals surface area contributed by atoms with Crippen LogP contribution >= 0.6 is 0 Å². The molecule has 0 aromatic heterocycles. The second kappa shape index (κ2) is 4.59. The van der Waals surface area contributed by atoms with E-state index in [0.717, 1.165) is 34.6 Å². The molecule has 4 unspecified atom stereocenters. The summed E-state index contributed by atoms with van der Waals surface area (Å²) in [4.78, 5) is 0. The summed E-state index contributed by atoms with van der Waals surface area (Å²) in [5, 5.41) is 13.4. The Labute approximate surface area is 115 Å². The van der Waals surface area contributed by atoms with Crippen molar-refractivity contribution in [3.8, 4) is 5.75 Å². The summed E-state index contributed by atoms with van der Waals surface area (Å²) >= 11 is 0. The molecule has 2 nitrogen and oxygen atoms in total. The summed E-state index contributed by atoms with van der Waals surface area (Å²) in [7, 11) is 0. The Morgan fingerprint density at radius 1 is 1.16 bits per heavy atom. The number of nitrogens with one attached hydrogen (secondary N) is 1. The van der Waals surface area contributed by atoms with Gasteiger partial charge in [0.2, 0.25) is 0 Å². The molecule has 2 bridgehead atoms. The molecule has 2 aliphatic carbocycles. The Morgan fingerprint density at radius 2 is 1.95 bits per heavy atom. The summed E-state index contributed by atoms with van der Waals surface area (Å²) in [6.45, 7) is 6.29. The number of allylic oxidation sites excluding steroid dienone is 2. The maximum absolute atomic E-state index is 9.72. The summed E-state index contributed by atoms with van der Waals surface area (Å²) in [6.07, 6.45) is 7.48. The van der Waals surface area contributed by atoms with Crippen molar-refractivity contribution in [2.45, 2.75) is 39.7 Å². The first-order valence-electron chi connectivity index (χ1n) is 7.29. The number of fused-ring (bicyclic) bond motifs is 2. The summed E-state index contributed by atoms with van der Waals surface area (Å²) in [6, 6.07) is 4.40. The average Bonchev–Trinajstić information content (AvgIpc) is 2.98. The van der Waals surface area contributed by atoms with Gasteiger partial charge in [0, 0.05) is 11.7 Å². The molecule has 1 fully saturated rings. The molecule has 1 saturated carbocycles. The van der Waals surface area contributed by atoms with E-state index in [2.05, 4.69) is 37.4 Å². The predicted octanol–water partition coefficient (Wildman–Crippen LogP) is 4.02. The molecular formula is C17H23NO. The second-order valence-corrected chi connectivity index (χ2v) is 6.33. The number of hydrogen-bond donors (Lipinski definition) is 2. The van der Waals surface area contributed by atoms with Crippen LogP contribution < -0.4 is 5.32 Å². The van der Waals surface area contributed by atoms with Gasteiger partial charge in [0.1, 0.15) is 5.75 Å². The number of rotatable bonds is 3. The highest BCUT2D eigenvalue weighted by Crippen LogP contribution is 2.45. The molecule has 1 aromatic carbocycles. The molecule has 0 spiro atoms. The molecule has 0 radical (unpaired) electrons. The van der Waals surface area contributed by atoms with Crippen molar-refractivity contribution in [2.75, 3.05) is 5.32 Å². The lowest BCUT2D eigenvalue weighted by atomic mass is 9.87. The van der Waals surface area contributed by atoms with Gasteiger partial charge in [-0.15, -0.1) is 0 Å². The van der Waals surface area contributed by atoms with Crippen LogP contribution in [0, 0.1) is 31.6 Å². The van der Waals surface area contributed by atoms with E-state index in [1.807, 2.05) is 13.0 Å². The maximum Gasteiger partial charge on any atom is 0.118 e. The van der Waals surface area contributed by atoms with Crippen LogP contribution in [0.15, 0.2) is 24.3 Å². The van der Waals surface area contributed by atoms with Gasteiger partial charge in [-0.1, -0.05) is 12.2 Å². The van der Waals surface area contributed by atoms with Crippen LogP contribution in [0.5, 0.6) is 5.75 Å². The number of benzene rings is 1. The van der Waals surface area contributed by atoms with Gasteiger partial charge < -0.3 is 10.4 Å². The van der Waals surface area contributed by atoms with Crippen molar-refractivity contribution >= 4 is 5.69 Å². The molecule has 2 heteroatoms. The lowest BCUT2D eigenvalue weighted by Crippen LogP contribution is -2.29. The van der Waals surface area contributed by atoms with Crippen LogP contribution in [-0.2, 0) is 0 Å². The van der Waals surface area contributed by atoms with Crippen molar-refractivity contribution in [1.29, 1.82) is 0 Å². The van der Waals surface area contributed by atoms with Crippen LogP contribution in [0.25, 0.3) is 0 Å². The Kier molecular flexibility index (Phi) is 3.04. The fourth-order valence-corrected chi connectivity index (χ4v) is 3.71. The molecule has 19 heavy (non-hydrogen) atoms. The van der Waals surface area contributed by atoms with E-state index in [1.165, 1.54) is 12.8 Å². The molecule has 3 rings (SSSR count). The van der Waals surface area contributed by atoms with Crippen molar-refractivity contribution in [2.24, 2.45) is 17.8 Å². The lowest BCUT2D eigenvalue weighted by molar-refractivity contribution is 0.399. The number of aryl methyl sites for hydroxylation is 2. The van der Waals surface area contributed by atoms with Crippen molar-refractivity contribution in [3.05, 3.63) is 35.4 Å². The Bertz CT molecular complexity index is 520. The van der Waals surface area contributed by atoms with Crippen molar-refractivity contribution in [3.63, 3.8) is 0 Å². The lowest BCUT2D eigenvalue weighted by Gasteiger charge is -2.28. The monoisotopic (exact) mass is 257 g/mol. The van der Waals surface area contributed by atoms with Crippen LogP contribution in [0.2, 0.25) is 0 Å². The van der Waals surface area contributed by atoms with Gasteiger partial charge in [0.05, 0.1) is 0 Å². The summed E-state index contributed by atoms with van der Waals surface area (Å²) < 4.78 is 0. The van der Waals surface area contributed by atoms with E-state index < -0.39 is 0 Å². The van der Waals surface area contributed by atoms with Crippen LogP contribution in [-0.4, -0.2) is 11.1 Å². The minimum Gasteiger partial charge on any atom is -0.508 e. The quantitative estimate of drug-likeness (QED) is 0.633. The molecule has 2 N–H and O–H groups in total. The smallest absolute Gasteiger partial charge is 0.118 e. The highest BCUT2D eigenvalue weighted by atomic mass is 16.3. The number of anilines is 1. The van der Waals surface area contributed by atoms with Gasteiger partial charge in [-0.3, -0.25) is 0 Å². The SMILES string of the molecule is Cc1cc(NC(C)C2CC3C=CC2C3)c(C)cc1O. The van der Waals surface area contributed by atoms with Gasteiger partial charge in [-0.25, -0.2) is 0 Å². The highest BCUT2D eigenvalue weighted by Gasteiger charge is 2.38. The second-order valence-electron chi connectivity index (χ2n) is 6.33. The van der Waals surface area contributed by atoms with Crippen molar-refractivity contribution in [1.82, 2.24) is 0 Å². The van der Waals surface area contributed by atoms with E-state index in [4.69, 9.17) is 0 Å². The zero-order valence-electron chi connectivity index (χ0n) is 12.0. The largest absolute Gasteiger partial charge is 0.508 e. The third-order valence-electron chi connectivity index (χ3n) is 4.90. The molecule has 0 amide bonds. The molecular weight excluding hydrogens is 234 g/mol. The fraction of sp³-hybridized carbons (Fsp3) is 0.529. The van der Waals surface area contributed by atoms with Gasteiger partial charge in [0.25, 0.3) is 0 Å². The molecule has 1 aromatic rings. The van der Waals surface area contributed by atoms with Gasteiger partial charge in [0.15, 0.2) is 0 Å². The van der Waals surface area contributed by atoms with E-state index in [0.29, 0.717) is 11.8 Å². The normalized spacial score (nSPS) is 29.7.